The predicted molar refractivity (Wildman–Crippen MR) is 79.7 cm³/mol. The number of hydrogen-bond acceptors (Lipinski definition) is 4. The van der Waals surface area contributed by atoms with Crippen molar-refractivity contribution in [2.45, 2.75) is 33.1 Å². The van der Waals surface area contributed by atoms with Crippen LogP contribution in [0.25, 0.3) is 0 Å². The summed E-state index contributed by atoms with van der Waals surface area (Å²) in [6.07, 6.45) is 2.08. The van der Waals surface area contributed by atoms with Crippen LogP contribution in [-0.2, 0) is 11.2 Å². The summed E-state index contributed by atoms with van der Waals surface area (Å²) in [5.41, 5.74) is 7.45. The van der Waals surface area contributed by atoms with Crippen LogP contribution in [0.3, 0.4) is 0 Å². The van der Waals surface area contributed by atoms with Crippen molar-refractivity contribution < 1.29 is 9.59 Å². The highest BCUT2D eigenvalue weighted by Crippen LogP contribution is 2.22. The molecular formula is C14H23N5O2. The first-order valence-corrected chi connectivity index (χ1v) is 7.48. The lowest BCUT2D eigenvalue weighted by atomic mass is 9.95. The molecule has 7 heteroatoms. The van der Waals surface area contributed by atoms with E-state index in [2.05, 4.69) is 15.5 Å². The summed E-state index contributed by atoms with van der Waals surface area (Å²) in [7, 11) is 0. The van der Waals surface area contributed by atoms with Gasteiger partial charge >= 0.3 is 0 Å². The van der Waals surface area contributed by atoms with Crippen molar-refractivity contribution in [3.05, 3.63) is 11.4 Å². The summed E-state index contributed by atoms with van der Waals surface area (Å²) in [6, 6.07) is 0. The summed E-state index contributed by atoms with van der Waals surface area (Å²) in [5.74, 6) is -0.0771. The van der Waals surface area contributed by atoms with Gasteiger partial charge < -0.3 is 16.0 Å². The van der Waals surface area contributed by atoms with Gasteiger partial charge in [0, 0.05) is 25.6 Å². The van der Waals surface area contributed by atoms with E-state index in [0.29, 0.717) is 50.3 Å². The maximum atomic E-state index is 12.4. The van der Waals surface area contributed by atoms with Crippen molar-refractivity contribution >= 4 is 17.5 Å². The van der Waals surface area contributed by atoms with Crippen LogP contribution in [0.15, 0.2) is 0 Å². The number of likely N-dealkylation sites (tertiary alicyclic amines) is 1. The van der Waals surface area contributed by atoms with Gasteiger partial charge in [-0.3, -0.25) is 14.7 Å². The number of aromatic nitrogens is 2. The standard InChI is InChI=1S/C14H23N5O2/c1-3-10-11(15)12(18-17-10)14(21)19-7-5-9(6-8-19)13(20)16-4-2/h9H,3-8,15H2,1-2H3,(H,16,20)(H,17,18). The maximum Gasteiger partial charge on any atom is 0.276 e. The van der Waals surface area contributed by atoms with Crippen molar-refractivity contribution in [3.8, 4) is 0 Å². The molecule has 4 N–H and O–H groups in total. The summed E-state index contributed by atoms with van der Waals surface area (Å²) in [6.45, 7) is 5.63. The SMILES string of the molecule is CCNC(=O)C1CCN(C(=O)c2n[nH]c(CC)c2N)CC1. The molecule has 1 aromatic heterocycles. The lowest BCUT2D eigenvalue weighted by molar-refractivity contribution is -0.126. The third-order valence-corrected chi connectivity index (χ3v) is 3.94. The highest BCUT2D eigenvalue weighted by atomic mass is 16.2. The Bertz CT molecular complexity index is 517. The van der Waals surface area contributed by atoms with E-state index in [4.69, 9.17) is 5.73 Å². The fourth-order valence-corrected chi connectivity index (χ4v) is 2.63. The van der Waals surface area contributed by atoms with Gasteiger partial charge in [-0.2, -0.15) is 5.10 Å². The lowest BCUT2D eigenvalue weighted by Gasteiger charge is -2.30. The first-order chi connectivity index (χ1) is 10.1. The fraction of sp³-hybridized carbons (Fsp3) is 0.643. The third kappa shape index (κ3) is 3.17. The number of hydrogen-bond donors (Lipinski definition) is 3. The average Bonchev–Trinajstić information content (AvgIpc) is 2.88. The minimum Gasteiger partial charge on any atom is -0.395 e. The van der Waals surface area contributed by atoms with Gasteiger partial charge in [0.05, 0.1) is 11.4 Å². The quantitative estimate of drug-likeness (QED) is 0.753. The molecular weight excluding hydrogens is 270 g/mol. The Morgan fingerprint density at radius 3 is 2.57 bits per heavy atom. The third-order valence-electron chi connectivity index (χ3n) is 3.94. The molecule has 0 aromatic carbocycles. The Hall–Kier alpha value is -2.05. The predicted octanol–water partition coefficient (Wildman–Crippen LogP) is 0.543. The van der Waals surface area contributed by atoms with E-state index in [9.17, 15) is 9.59 Å². The number of carbonyl (C=O) groups is 2. The first-order valence-electron chi connectivity index (χ1n) is 7.48. The lowest BCUT2D eigenvalue weighted by Crippen LogP contribution is -2.43. The molecule has 1 saturated heterocycles. The molecule has 0 aliphatic carbocycles. The number of nitrogens with one attached hydrogen (secondary N) is 2. The molecule has 1 aromatic rings. The fourth-order valence-electron chi connectivity index (χ4n) is 2.63. The molecule has 0 radical (unpaired) electrons. The van der Waals surface area contributed by atoms with Crippen molar-refractivity contribution in [2.24, 2.45) is 5.92 Å². The van der Waals surface area contributed by atoms with Gasteiger partial charge in [-0.15, -0.1) is 0 Å². The van der Waals surface area contributed by atoms with Gasteiger partial charge in [0.1, 0.15) is 0 Å². The average molecular weight is 293 g/mol. The zero-order valence-corrected chi connectivity index (χ0v) is 12.6. The molecule has 1 aliphatic rings. The van der Waals surface area contributed by atoms with Gasteiger partial charge in [-0.1, -0.05) is 6.92 Å². The number of carbonyl (C=O) groups excluding carboxylic acids is 2. The van der Waals surface area contributed by atoms with Gasteiger partial charge in [0.15, 0.2) is 5.69 Å². The van der Waals surface area contributed by atoms with E-state index in [1.54, 1.807) is 4.90 Å². The molecule has 7 nitrogen and oxygen atoms in total. The summed E-state index contributed by atoms with van der Waals surface area (Å²) in [5, 5.41) is 9.66. The molecule has 0 bridgehead atoms. The molecule has 0 unspecified atom stereocenters. The van der Waals surface area contributed by atoms with Crippen molar-refractivity contribution in [3.63, 3.8) is 0 Å². The molecule has 0 atom stereocenters. The number of rotatable bonds is 4. The van der Waals surface area contributed by atoms with Crippen LogP contribution in [0.5, 0.6) is 0 Å². The molecule has 116 valence electrons. The van der Waals surface area contributed by atoms with E-state index >= 15 is 0 Å². The number of nitrogens with two attached hydrogens (primary N) is 1. The maximum absolute atomic E-state index is 12.4. The van der Waals surface area contributed by atoms with E-state index in [1.807, 2.05) is 13.8 Å². The Balaban J connectivity index is 1.97. The van der Waals surface area contributed by atoms with Crippen LogP contribution in [0.1, 0.15) is 42.9 Å². The number of nitrogen functional groups attached to an aromatic ring is 1. The van der Waals surface area contributed by atoms with E-state index in [1.165, 1.54) is 0 Å². The number of anilines is 1. The second kappa shape index (κ2) is 6.60. The zero-order chi connectivity index (χ0) is 15.4. The van der Waals surface area contributed by atoms with Gasteiger partial charge in [-0.05, 0) is 26.2 Å². The van der Waals surface area contributed by atoms with Crippen LogP contribution in [-0.4, -0.2) is 46.5 Å². The number of aryl methyl sites for hydroxylation is 1. The number of H-pyrrole nitrogens is 1. The van der Waals surface area contributed by atoms with E-state index in [0.717, 1.165) is 5.69 Å². The van der Waals surface area contributed by atoms with Gasteiger partial charge in [0.2, 0.25) is 5.91 Å². The molecule has 2 rings (SSSR count). The molecule has 21 heavy (non-hydrogen) atoms. The minimum atomic E-state index is -0.155. The highest BCUT2D eigenvalue weighted by Gasteiger charge is 2.29. The van der Waals surface area contributed by atoms with Crippen LogP contribution >= 0.6 is 0 Å². The van der Waals surface area contributed by atoms with Gasteiger partial charge in [0.25, 0.3) is 5.91 Å². The second-order valence-electron chi connectivity index (χ2n) is 5.28. The summed E-state index contributed by atoms with van der Waals surface area (Å²) in [4.78, 5) is 25.9. The number of aromatic amines is 1. The first kappa shape index (κ1) is 15.3. The number of amides is 2. The van der Waals surface area contributed by atoms with Crippen LogP contribution in [0.2, 0.25) is 0 Å². The molecule has 2 amide bonds. The molecule has 0 spiro atoms. The van der Waals surface area contributed by atoms with Crippen LogP contribution in [0, 0.1) is 5.92 Å². The largest absolute Gasteiger partial charge is 0.395 e. The highest BCUT2D eigenvalue weighted by molar-refractivity contribution is 5.97. The molecule has 1 aliphatic heterocycles. The topological polar surface area (TPSA) is 104 Å². The van der Waals surface area contributed by atoms with Crippen LogP contribution < -0.4 is 11.1 Å². The Morgan fingerprint density at radius 2 is 2.05 bits per heavy atom. The van der Waals surface area contributed by atoms with Crippen molar-refractivity contribution in [1.82, 2.24) is 20.4 Å². The minimum absolute atomic E-state index is 0.00302. The smallest absolute Gasteiger partial charge is 0.276 e. The molecule has 0 saturated carbocycles. The van der Waals surface area contributed by atoms with E-state index < -0.39 is 0 Å². The van der Waals surface area contributed by atoms with E-state index in [-0.39, 0.29) is 17.7 Å². The normalized spacial score (nSPS) is 16.0. The second-order valence-corrected chi connectivity index (χ2v) is 5.28. The zero-order valence-electron chi connectivity index (χ0n) is 12.6. The molecule has 1 fully saturated rings. The Kier molecular flexibility index (Phi) is 4.82. The molecule has 2 heterocycles. The monoisotopic (exact) mass is 293 g/mol. The van der Waals surface area contributed by atoms with Crippen molar-refractivity contribution in [1.29, 1.82) is 0 Å². The Morgan fingerprint density at radius 1 is 1.38 bits per heavy atom. The summed E-state index contributed by atoms with van der Waals surface area (Å²) < 4.78 is 0. The van der Waals surface area contributed by atoms with Crippen LogP contribution in [0.4, 0.5) is 5.69 Å². The number of nitrogens with zero attached hydrogens (tertiary/aromatic N) is 2. The van der Waals surface area contributed by atoms with Gasteiger partial charge in [-0.25, -0.2) is 0 Å². The Labute approximate surface area is 124 Å². The van der Waals surface area contributed by atoms with Crippen molar-refractivity contribution in [2.75, 3.05) is 25.4 Å². The summed E-state index contributed by atoms with van der Waals surface area (Å²) >= 11 is 0. The number of piperidine rings is 1.